The molecule has 0 heterocycles. The van der Waals surface area contributed by atoms with E-state index in [1.165, 1.54) is 0 Å². The highest BCUT2D eigenvalue weighted by atomic mass is 35.5. The molecule has 0 aromatic heterocycles. The summed E-state index contributed by atoms with van der Waals surface area (Å²) in [5.74, 6) is 0.0569. The third kappa shape index (κ3) is 10.4. The lowest BCUT2D eigenvalue weighted by Gasteiger charge is -2.24. The molecule has 2 amide bonds. The first-order valence-electron chi connectivity index (χ1n) is 9.82. The van der Waals surface area contributed by atoms with Crippen LogP contribution in [0.4, 0.5) is 4.79 Å². The number of alkyl carbamates (subject to hydrolysis) is 1. The van der Waals surface area contributed by atoms with Crippen LogP contribution in [0.3, 0.4) is 0 Å². The number of halogens is 1. The van der Waals surface area contributed by atoms with Crippen LogP contribution in [-0.2, 0) is 16.0 Å². The van der Waals surface area contributed by atoms with Crippen molar-refractivity contribution in [3.8, 4) is 5.75 Å². The average Bonchev–Trinajstić information content (AvgIpc) is 2.59. The van der Waals surface area contributed by atoms with Crippen molar-refractivity contribution in [1.29, 1.82) is 0 Å². The SMILES string of the molecule is Cc1cc(CCCCO)c(Cl)c(OCC(CCC(N)=O)NC(=O)OC(C)(C)C)c1. The number of aryl methyl sites for hydroxylation is 2. The molecule has 0 aliphatic heterocycles. The van der Waals surface area contributed by atoms with Crippen LogP contribution >= 0.6 is 11.6 Å². The van der Waals surface area contributed by atoms with Crippen molar-refractivity contribution in [1.82, 2.24) is 5.32 Å². The molecule has 1 unspecified atom stereocenters. The average molecular weight is 429 g/mol. The Hall–Kier alpha value is -1.99. The van der Waals surface area contributed by atoms with Gasteiger partial charge in [0.15, 0.2) is 0 Å². The Balaban J connectivity index is 2.83. The molecule has 8 heteroatoms. The van der Waals surface area contributed by atoms with Gasteiger partial charge in [0.1, 0.15) is 18.0 Å². The maximum Gasteiger partial charge on any atom is 0.407 e. The van der Waals surface area contributed by atoms with E-state index >= 15 is 0 Å². The number of nitrogens with two attached hydrogens (primary N) is 1. The molecule has 0 saturated carbocycles. The first-order chi connectivity index (χ1) is 13.5. The molecule has 164 valence electrons. The van der Waals surface area contributed by atoms with Crippen molar-refractivity contribution in [2.75, 3.05) is 13.2 Å². The van der Waals surface area contributed by atoms with Gasteiger partial charge in [0.25, 0.3) is 0 Å². The first kappa shape index (κ1) is 25.0. The van der Waals surface area contributed by atoms with Gasteiger partial charge >= 0.3 is 6.09 Å². The summed E-state index contributed by atoms with van der Waals surface area (Å²) in [7, 11) is 0. The summed E-state index contributed by atoms with van der Waals surface area (Å²) in [6.45, 7) is 7.52. The van der Waals surface area contributed by atoms with Gasteiger partial charge in [0.05, 0.1) is 11.1 Å². The van der Waals surface area contributed by atoms with Gasteiger partial charge < -0.3 is 25.6 Å². The fourth-order valence-corrected chi connectivity index (χ4v) is 2.96. The van der Waals surface area contributed by atoms with Crippen LogP contribution in [0.1, 0.15) is 57.6 Å². The summed E-state index contributed by atoms with van der Waals surface area (Å²) >= 11 is 6.49. The molecule has 1 rings (SSSR count). The van der Waals surface area contributed by atoms with Crippen LogP contribution in [0.2, 0.25) is 5.02 Å². The molecular weight excluding hydrogens is 396 g/mol. The zero-order valence-corrected chi connectivity index (χ0v) is 18.5. The minimum atomic E-state index is -0.636. The Morgan fingerprint density at radius 1 is 1.28 bits per heavy atom. The lowest BCUT2D eigenvalue weighted by atomic mass is 10.0. The van der Waals surface area contributed by atoms with Crippen molar-refractivity contribution in [2.45, 2.75) is 71.4 Å². The molecule has 1 aromatic rings. The van der Waals surface area contributed by atoms with Gasteiger partial charge in [-0.05, 0) is 70.6 Å². The molecule has 0 fully saturated rings. The molecule has 7 nitrogen and oxygen atoms in total. The van der Waals surface area contributed by atoms with Crippen LogP contribution in [0.5, 0.6) is 5.75 Å². The predicted octanol–water partition coefficient (Wildman–Crippen LogP) is 3.50. The third-order valence-electron chi connectivity index (χ3n) is 4.01. The number of aliphatic hydroxyl groups excluding tert-OH is 1. The van der Waals surface area contributed by atoms with Crippen LogP contribution < -0.4 is 15.8 Å². The fraction of sp³-hybridized carbons (Fsp3) is 0.619. The van der Waals surface area contributed by atoms with Crippen LogP contribution in [-0.4, -0.2) is 42.0 Å². The standard InChI is InChI=1S/C21H33ClN2O5/c1-14-11-15(7-5-6-10-25)19(22)17(12-14)28-13-16(8-9-18(23)26)24-20(27)29-21(2,3)4/h11-12,16,25H,5-10,13H2,1-4H3,(H2,23,26)(H,24,27). The molecule has 0 radical (unpaired) electrons. The van der Waals surface area contributed by atoms with Gasteiger partial charge in [-0.25, -0.2) is 4.79 Å². The molecule has 0 aliphatic carbocycles. The predicted molar refractivity (Wildman–Crippen MR) is 113 cm³/mol. The van der Waals surface area contributed by atoms with E-state index in [1.807, 2.05) is 19.1 Å². The molecule has 0 spiro atoms. The van der Waals surface area contributed by atoms with Crippen LogP contribution in [0.15, 0.2) is 12.1 Å². The molecule has 0 bridgehead atoms. The zero-order valence-electron chi connectivity index (χ0n) is 17.7. The largest absolute Gasteiger partial charge is 0.490 e. The Morgan fingerprint density at radius 3 is 2.55 bits per heavy atom. The highest BCUT2D eigenvalue weighted by Crippen LogP contribution is 2.31. The van der Waals surface area contributed by atoms with E-state index in [0.717, 1.165) is 24.0 Å². The smallest absolute Gasteiger partial charge is 0.407 e. The van der Waals surface area contributed by atoms with Crippen molar-refractivity contribution >= 4 is 23.6 Å². The normalized spacial score (nSPS) is 12.3. The summed E-state index contributed by atoms with van der Waals surface area (Å²) in [4.78, 5) is 23.3. The lowest BCUT2D eigenvalue weighted by molar-refractivity contribution is -0.118. The van der Waals surface area contributed by atoms with E-state index in [4.69, 9.17) is 31.9 Å². The number of hydrogen-bond donors (Lipinski definition) is 3. The number of aliphatic hydroxyl groups is 1. The van der Waals surface area contributed by atoms with Gasteiger partial charge in [0, 0.05) is 13.0 Å². The Bertz CT molecular complexity index is 688. The highest BCUT2D eigenvalue weighted by Gasteiger charge is 2.21. The van der Waals surface area contributed by atoms with E-state index in [0.29, 0.717) is 23.6 Å². The maximum atomic E-state index is 12.1. The van der Waals surface area contributed by atoms with E-state index < -0.39 is 23.6 Å². The number of unbranched alkanes of at least 4 members (excludes halogenated alkanes) is 1. The number of nitrogens with one attached hydrogen (secondary N) is 1. The monoisotopic (exact) mass is 428 g/mol. The molecule has 0 aliphatic rings. The number of amides is 2. The summed E-state index contributed by atoms with van der Waals surface area (Å²) in [6, 6.07) is 3.36. The fourth-order valence-electron chi connectivity index (χ4n) is 2.70. The number of carbonyl (C=O) groups is 2. The summed E-state index contributed by atoms with van der Waals surface area (Å²) in [5.41, 5.74) is 6.55. The Morgan fingerprint density at radius 2 is 1.97 bits per heavy atom. The van der Waals surface area contributed by atoms with Crippen LogP contribution in [0.25, 0.3) is 0 Å². The number of benzene rings is 1. The number of hydrogen-bond acceptors (Lipinski definition) is 5. The Labute approximate surface area is 177 Å². The summed E-state index contributed by atoms with van der Waals surface area (Å²) in [6.07, 6.45) is 2.10. The molecule has 1 aromatic carbocycles. The molecule has 1 atom stereocenters. The number of primary amides is 1. The quantitative estimate of drug-likeness (QED) is 0.467. The van der Waals surface area contributed by atoms with Crippen molar-refractivity contribution < 1.29 is 24.2 Å². The maximum absolute atomic E-state index is 12.1. The van der Waals surface area contributed by atoms with E-state index in [2.05, 4.69) is 5.32 Å². The van der Waals surface area contributed by atoms with Gasteiger partial charge in [-0.1, -0.05) is 17.7 Å². The number of ether oxygens (including phenoxy) is 2. The molecule has 0 saturated heterocycles. The van der Waals surface area contributed by atoms with E-state index in [-0.39, 0.29) is 19.6 Å². The van der Waals surface area contributed by atoms with Crippen LogP contribution in [0, 0.1) is 6.92 Å². The second-order valence-corrected chi connectivity index (χ2v) is 8.45. The number of carbonyl (C=O) groups excluding carboxylic acids is 2. The van der Waals surface area contributed by atoms with Gasteiger partial charge in [-0.2, -0.15) is 0 Å². The Kier molecular flexibility index (Phi) is 10.3. The van der Waals surface area contributed by atoms with Crippen molar-refractivity contribution in [2.24, 2.45) is 5.73 Å². The molecular formula is C21H33ClN2O5. The second-order valence-electron chi connectivity index (χ2n) is 8.08. The van der Waals surface area contributed by atoms with Gasteiger partial charge in [-0.15, -0.1) is 0 Å². The van der Waals surface area contributed by atoms with Crippen molar-refractivity contribution in [3.63, 3.8) is 0 Å². The molecule has 4 N–H and O–H groups in total. The second kappa shape index (κ2) is 11.9. The first-order valence-corrected chi connectivity index (χ1v) is 10.2. The summed E-state index contributed by atoms with van der Waals surface area (Å²) < 4.78 is 11.2. The highest BCUT2D eigenvalue weighted by molar-refractivity contribution is 6.32. The minimum absolute atomic E-state index is 0.109. The number of rotatable bonds is 11. The van der Waals surface area contributed by atoms with Crippen molar-refractivity contribution in [3.05, 3.63) is 28.3 Å². The van der Waals surface area contributed by atoms with Gasteiger partial charge in [-0.3, -0.25) is 4.79 Å². The zero-order chi connectivity index (χ0) is 22.0. The lowest BCUT2D eigenvalue weighted by Crippen LogP contribution is -2.42. The van der Waals surface area contributed by atoms with E-state index in [1.54, 1.807) is 20.8 Å². The third-order valence-corrected chi connectivity index (χ3v) is 4.44. The van der Waals surface area contributed by atoms with Gasteiger partial charge in [0.2, 0.25) is 5.91 Å². The topological polar surface area (TPSA) is 111 Å². The van der Waals surface area contributed by atoms with E-state index in [9.17, 15) is 9.59 Å². The molecule has 29 heavy (non-hydrogen) atoms. The minimum Gasteiger partial charge on any atom is -0.490 e. The summed E-state index contributed by atoms with van der Waals surface area (Å²) in [5, 5.41) is 12.2.